The lowest BCUT2D eigenvalue weighted by Crippen LogP contribution is -2.16. The molecule has 0 radical (unpaired) electrons. The molecule has 0 bridgehead atoms. The van der Waals surface area contributed by atoms with Crippen LogP contribution in [0.1, 0.15) is 19.4 Å². The van der Waals surface area contributed by atoms with Gasteiger partial charge in [0.05, 0.1) is 0 Å². The van der Waals surface area contributed by atoms with Gasteiger partial charge in [-0.3, -0.25) is 0 Å². The Labute approximate surface area is 79.5 Å². The van der Waals surface area contributed by atoms with Gasteiger partial charge in [-0.1, -0.05) is 18.2 Å². The molecule has 0 amide bonds. The molecule has 0 saturated heterocycles. The summed E-state index contributed by atoms with van der Waals surface area (Å²) >= 11 is 0. The van der Waals surface area contributed by atoms with Crippen LogP contribution >= 0.6 is 0 Å². The summed E-state index contributed by atoms with van der Waals surface area (Å²) in [6.07, 6.45) is -0.175. The number of rotatable bonds is 4. The molecule has 13 heavy (non-hydrogen) atoms. The van der Waals surface area contributed by atoms with Crippen LogP contribution in [0.3, 0.4) is 0 Å². The van der Waals surface area contributed by atoms with E-state index < -0.39 is 0 Å². The molecule has 0 fully saturated rings. The van der Waals surface area contributed by atoms with Gasteiger partial charge in [-0.25, -0.2) is 0 Å². The van der Waals surface area contributed by atoms with Crippen LogP contribution < -0.4 is 4.74 Å². The third kappa shape index (κ3) is 3.07. The second-order valence-electron chi connectivity index (χ2n) is 2.91. The lowest BCUT2D eigenvalue weighted by atomic mass is 10.2. The highest BCUT2D eigenvalue weighted by Gasteiger charge is 2.03. The number of ether oxygens (including phenoxy) is 2. The standard InChI is InChI=1S/C11H16O2/c1-4-12-10(3)13-11-8-6-5-7-9(11)2/h5-8,10H,4H2,1-3H3. The van der Waals surface area contributed by atoms with Crippen molar-refractivity contribution in [2.24, 2.45) is 0 Å². The van der Waals surface area contributed by atoms with Crippen LogP contribution in [0.2, 0.25) is 0 Å². The molecule has 0 aliphatic rings. The number of aryl methyl sites for hydroxylation is 1. The highest BCUT2D eigenvalue weighted by atomic mass is 16.7. The molecule has 0 N–H and O–H groups in total. The quantitative estimate of drug-likeness (QED) is 0.663. The molecule has 2 heteroatoms. The minimum atomic E-state index is -0.175. The number of para-hydroxylation sites is 1. The van der Waals surface area contributed by atoms with Gasteiger partial charge in [-0.15, -0.1) is 0 Å². The average molecular weight is 180 g/mol. The fraction of sp³-hybridized carbons (Fsp3) is 0.455. The SMILES string of the molecule is CCOC(C)Oc1ccccc1C. The lowest BCUT2D eigenvalue weighted by molar-refractivity contribution is -0.0616. The largest absolute Gasteiger partial charge is 0.465 e. The topological polar surface area (TPSA) is 18.5 Å². The van der Waals surface area contributed by atoms with E-state index in [2.05, 4.69) is 0 Å². The minimum absolute atomic E-state index is 0.175. The zero-order chi connectivity index (χ0) is 9.68. The molecule has 1 unspecified atom stereocenters. The first kappa shape index (κ1) is 10.1. The van der Waals surface area contributed by atoms with Crippen molar-refractivity contribution < 1.29 is 9.47 Å². The molecule has 0 aromatic heterocycles. The molecule has 1 aromatic carbocycles. The van der Waals surface area contributed by atoms with Gasteiger partial charge >= 0.3 is 0 Å². The molecule has 0 saturated carbocycles. The van der Waals surface area contributed by atoms with Crippen LogP contribution in [0.5, 0.6) is 5.75 Å². The van der Waals surface area contributed by atoms with Gasteiger partial charge in [-0.05, 0) is 32.4 Å². The first-order chi connectivity index (χ1) is 6.24. The molecule has 0 spiro atoms. The second-order valence-corrected chi connectivity index (χ2v) is 2.91. The van der Waals surface area contributed by atoms with E-state index in [4.69, 9.17) is 9.47 Å². The van der Waals surface area contributed by atoms with Crippen LogP contribution in [0.4, 0.5) is 0 Å². The van der Waals surface area contributed by atoms with Gasteiger partial charge in [0.25, 0.3) is 0 Å². The average Bonchev–Trinajstić information content (AvgIpc) is 2.09. The maximum atomic E-state index is 5.56. The number of hydrogen-bond acceptors (Lipinski definition) is 2. The molecule has 72 valence electrons. The molecule has 1 atom stereocenters. The number of benzene rings is 1. The Hall–Kier alpha value is -1.02. The van der Waals surface area contributed by atoms with E-state index in [1.54, 1.807) is 0 Å². The van der Waals surface area contributed by atoms with Crippen molar-refractivity contribution in [3.63, 3.8) is 0 Å². The second kappa shape index (κ2) is 4.87. The van der Waals surface area contributed by atoms with Crippen LogP contribution in [0.15, 0.2) is 24.3 Å². The van der Waals surface area contributed by atoms with Crippen LogP contribution in [-0.2, 0) is 4.74 Å². The Morgan fingerprint density at radius 3 is 2.62 bits per heavy atom. The summed E-state index contributed by atoms with van der Waals surface area (Å²) in [7, 11) is 0. The predicted molar refractivity (Wildman–Crippen MR) is 52.9 cm³/mol. The molecule has 1 rings (SSSR count). The molecule has 1 aromatic rings. The van der Waals surface area contributed by atoms with Crippen LogP contribution in [0, 0.1) is 6.92 Å². The van der Waals surface area contributed by atoms with Gasteiger partial charge in [0.15, 0.2) is 6.29 Å². The Bertz CT molecular complexity index is 258. The van der Waals surface area contributed by atoms with Crippen molar-refractivity contribution in [2.75, 3.05) is 6.61 Å². The highest BCUT2D eigenvalue weighted by molar-refractivity contribution is 5.31. The fourth-order valence-electron chi connectivity index (χ4n) is 1.14. The summed E-state index contributed by atoms with van der Waals surface area (Å²) in [5.74, 6) is 0.892. The van der Waals surface area contributed by atoms with E-state index in [0.717, 1.165) is 11.3 Å². The predicted octanol–water partition coefficient (Wildman–Crippen LogP) is 2.76. The van der Waals surface area contributed by atoms with Gasteiger partial charge < -0.3 is 9.47 Å². The summed E-state index contributed by atoms with van der Waals surface area (Å²) in [4.78, 5) is 0. The van der Waals surface area contributed by atoms with E-state index in [9.17, 15) is 0 Å². The molecular formula is C11H16O2. The molecule has 0 heterocycles. The van der Waals surface area contributed by atoms with E-state index in [-0.39, 0.29) is 6.29 Å². The maximum Gasteiger partial charge on any atom is 0.196 e. The zero-order valence-corrected chi connectivity index (χ0v) is 8.41. The van der Waals surface area contributed by atoms with Crippen molar-refractivity contribution in [1.82, 2.24) is 0 Å². The Morgan fingerprint density at radius 2 is 2.00 bits per heavy atom. The molecule has 0 aliphatic heterocycles. The monoisotopic (exact) mass is 180 g/mol. The maximum absolute atomic E-state index is 5.56. The van der Waals surface area contributed by atoms with Crippen molar-refractivity contribution in [3.8, 4) is 5.75 Å². The van der Waals surface area contributed by atoms with E-state index in [1.165, 1.54) is 0 Å². The summed E-state index contributed by atoms with van der Waals surface area (Å²) in [6, 6.07) is 7.92. The summed E-state index contributed by atoms with van der Waals surface area (Å²) in [6.45, 7) is 6.55. The highest BCUT2D eigenvalue weighted by Crippen LogP contribution is 2.17. The van der Waals surface area contributed by atoms with Gasteiger partial charge in [-0.2, -0.15) is 0 Å². The summed E-state index contributed by atoms with van der Waals surface area (Å²) < 4.78 is 10.8. The Morgan fingerprint density at radius 1 is 1.31 bits per heavy atom. The third-order valence-corrected chi connectivity index (χ3v) is 1.79. The van der Waals surface area contributed by atoms with Crippen LogP contribution in [0.25, 0.3) is 0 Å². The first-order valence-corrected chi connectivity index (χ1v) is 4.58. The zero-order valence-electron chi connectivity index (χ0n) is 8.41. The fourth-order valence-corrected chi connectivity index (χ4v) is 1.14. The Balaban J connectivity index is 2.58. The minimum Gasteiger partial charge on any atom is -0.465 e. The smallest absolute Gasteiger partial charge is 0.196 e. The lowest BCUT2D eigenvalue weighted by Gasteiger charge is -2.15. The van der Waals surface area contributed by atoms with Gasteiger partial charge in [0.1, 0.15) is 5.75 Å². The van der Waals surface area contributed by atoms with Crippen molar-refractivity contribution >= 4 is 0 Å². The summed E-state index contributed by atoms with van der Waals surface area (Å²) in [5, 5.41) is 0. The van der Waals surface area contributed by atoms with Gasteiger partial charge in [0, 0.05) is 6.61 Å². The van der Waals surface area contributed by atoms with E-state index in [1.807, 2.05) is 45.0 Å². The van der Waals surface area contributed by atoms with E-state index in [0.29, 0.717) is 6.61 Å². The van der Waals surface area contributed by atoms with Crippen molar-refractivity contribution in [1.29, 1.82) is 0 Å². The first-order valence-electron chi connectivity index (χ1n) is 4.58. The number of hydrogen-bond donors (Lipinski definition) is 0. The Kier molecular flexibility index (Phi) is 3.77. The van der Waals surface area contributed by atoms with Crippen molar-refractivity contribution in [3.05, 3.63) is 29.8 Å². The normalized spacial score (nSPS) is 12.5. The third-order valence-electron chi connectivity index (χ3n) is 1.79. The molecule has 0 aliphatic carbocycles. The van der Waals surface area contributed by atoms with Crippen LogP contribution in [-0.4, -0.2) is 12.9 Å². The van der Waals surface area contributed by atoms with E-state index >= 15 is 0 Å². The molecule has 2 nitrogen and oxygen atoms in total. The summed E-state index contributed by atoms with van der Waals surface area (Å²) in [5.41, 5.74) is 1.13. The molecular weight excluding hydrogens is 164 g/mol. The van der Waals surface area contributed by atoms with Crippen molar-refractivity contribution in [2.45, 2.75) is 27.1 Å². The van der Waals surface area contributed by atoms with Gasteiger partial charge in [0.2, 0.25) is 0 Å².